The highest BCUT2D eigenvalue weighted by molar-refractivity contribution is 6.22. The molecular weight excluding hydrogens is 138 g/mol. The van der Waals surface area contributed by atoms with Crippen molar-refractivity contribution in [2.24, 2.45) is 0 Å². The normalized spacial score (nSPS) is 12.4. The van der Waals surface area contributed by atoms with Gasteiger partial charge >= 0.3 is 0 Å². The molecule has 0 radical (unpaired) electrons. The number of nitrogens with zero attached hydrogens (tertiary/aromatic N) is 1. The average Bonchev–Trinajstić information content (AvgIpc) is 2.37. The zero-order chi connectivity index (χ0) is 6.69. The molecule has 1 aromatic rings. The molecule has 46 valence electrons. The minimum Gasteiger partial charge on any atom is -0.467 e. The van der Waals surface area contributed by atoms with Crippen molar-refractivity contribution in [2.75, 3.05) is 0 Å². The summed E-state index contributed by atoms with van der Waals surface area (Å²) in [6.07, 6.45) is 1.49. The fraction of sp³-hybridized carbons (Fsp3) is 0.167. The van der Waals surface area contributed by atoms with Gasteiger partial charge in [0.2, 0.25) is 0 Å². The standard InChI is InChI=1S/C6H4ClNO/c7-5(4-8)6-2-1-3-9-6/h1-3,5H. The van der Waals surface area contributed by atoms with Crippen LogP contribution < -0.4 is 0 Å². The minimum atomic E-state index is -0.653. The zero-order valence-electron chi connectivity index (χ0n) is 4.54. The molecule has 0 aliphatic heterocycles. The largest absolute Gasteiger partial charge is 0.467 e. The molecule has 1 unspecified atom stereocenters. The van der Waals surface area contributed by atoms with E-state index in [1.807, 2.05) is 6.07 Å². The van der Waals surface area contributed by atoms with Crippen molar-refractivity contribution in [1.29, 1.82) is 5.26 Å². The highest BCUT2D eigenvalue weighted by Gasteiger charge is 2.06. The zero-order valence-corrected chi connectivity index (χ0v) is 5.30. The average molecular weight is 142 g/mol. The van der Waals surface area contributed by atoms with E-state index in [4.69, 9.17) is 21.3 Å². The Kier molecular flexibility index (Phi) is 1.76. The summed E-state index contributed by atoms with van der Waals surface area (Å²) in [4.78, 5) is 0. The molecule has 2 nitrogen and oxygen atoms in total. The van der Waals surface area contributed by atoms with Gasteiger partial charge in [-0.1, -0.05) is 11.6 Å². The predicted octanol–water partition coefficient (Wildman–Crippen LogP) is 2.08. The summed E-state index contributed by atoms with van der Waals surface area (Å²) < 4.78 is 4.83. The van der Waals surface area contributed by atoms with Gasteiger partial charge in [-0.05, 0) is 12.1 Å². The lowest BCUT2D eigenvalue weighted by molar-refractivity contribution is 0.520. The van der Waals surface area contributed by atoms with Gasteiger partial charge in [0.25, 0.3) is 0 Å². The van der Waals surface area contributed by atoms with Crippen LogP contribution in [0.4, 0.5) is 0 Å². The maximum atomic E-state index is 8.26. The van der Waals surface area contributed by atoms with Gasteiger partial charge < -0.3 is 4.42 Å². The third kappa shape index (κ3) is 1.24. The topological polar surface area (TPSA) is 36.9 Å². The minimum absolute atomic E-state index is 0.499. The molecule has 0 amide bonds. The second-order valence-electron chi connectivity index (χ2n) is 1.51. The van der Waals surface area contributed by atoms with E-state index in [1.165, 1.54) is 6.26 Å². The third-order valence-corrected chi connectivity index (χ3v) is 1.22. The summed E-state index contributed by atoms with van der Waals surface area (Å²) in [5.41, 5.74) is 0. The predicted molar refractivity (Wildman–Crippen MR) is 32.9 cm³/mol. The molecule has 1 atom stereocenters. The number of alkyl halides is 1. The van der Waals surface area contributed by atoms with Crippen molar-refractivity contribution >= 4 is 11.6 Å². The summed E-state index contributed by atoms with van der Waals surface area (Å²) in [5.74, 6) is 0.499. The van der Waals surface area contributed by atoms with Crippen molar-refractivity contribution in [3.8, 4) is 6.07 Å². The molecule has 1 heterocycles. The third-order valence-electron chi connectivity index (χ3n) is 0.906. The molecule has 0 spiro atoms. The number of halogens is 1. The number of hydrogen-bond donors (Lipinski definition) is 0. The quantitative estimate of drug-likeness (QED) is 0.562. The molecule has 9 heavy (non-hydrogen) atoms. The lowest BCUT2D eigenvalue weighted by Crippen LogP contribution is -1.79. The second-order valence-corrected chi connectivity index (χ2v) is 1.94. The van der Waals surface area contributed by atoms with E-state index in [9.17, 15) is 0 Å². The van der Waals surface area contributed by atoms with Crippen LogP contribution in [-0.4, -0.2) is 0 Å². The van der Waals surface area contributed by atoms with Crippen molar-refractivity contribution < 1.29 is 4.42 Å². The Balaban J connectivity index is 2.80. The van der Waals surface area contributed by atoms with Crippen LogP contribution in [0.15, 0.2) is 22.8 Å². The smallest absolute Gasteiger partial charge is 0.177 e. The summed E-state index contributed by atoms with van der Waals surface area (Å²) in [7, 11) is 0. The SMILES string of the molecule is N#CC(Cl)c1ccco1. The Morgan fingerprint density at radius 2 is 2.56 bits per heavy atom. The molecule has 0 saturated carbocycles. The lowest BCUT2D eigenvalue weighted by Gasteiger charge is -1.89. The van der Waals surface area contributed by atoms with Crippen LogP contribution in [0.25, 0.3) is 0 Å². The van der Waals surface area contributed by atoms with Crippen LogP contribution in [0, 0.1) is 11.3 Å². The lowest BCUT2D eigenvalue weighted by atomic mass is 10.3. The first-order valence-corrected chi connectivity index (χ1v) is 2.85. The fourth-order valence-corrected chi connectivity index (χ4v) is 0.623. The molecule has 0 bridgehead atoms. The molecule has 0 saturated heterocycles. The summed E-state index contributed by atoms with van der Waals surface area (Å²) in [6.45, 7) is 0. The Morgan fingerprint density at radius 3 is 3.00 bits per heavy atom. The van der Waals surface area contributed by atoms with E-state index in [2.05, 4.69) is 0 Å². The molecule has 3 heteroatoms. The number of nitriles is 1. The van der Waals surface area contributed by atoms with Gasteiger partial charge in [-0.2, -0.15) is 5.26 Å². The van der Waals surface area contributed by atoms with E-state index < -0.39 is 5.38 Å². The molecular formula is C6H4ClNO. The van der Waals surface area contributed by atoms with E-state index in [0.717, 1.165) is 0 Å². The van der Waals surface area contributed by atoms with Crippen LogP contribution in [0.2, 0.25) is 0 Å². The van der Waals surface area contributed by atoms with E-state index in [1.54, 1.807) is 12.1 Å². The van der Waals surface area contributed by atoms with Gasteiger partial charge in [-0.15, -0.1) is 0 Å². The second kappa shape index (κ2) is 2.56. The molecule has 0 fully saturated rings. The van der Waals surface area contributed by atoms with Crippen molar-refractivity contribution in [1.82, 2.24) is 0 Å². The maximum Gasteiger partial charge on any atom is 0.177 e. The van der Waals surface area contributed by atoms with Crippen LogP contribution >= 0.6 is 11.6 Å². The van der Waals surface area contributed by atoms with Gasteiger partial charge in [0, 0.05) is 0 Å². The Labute approximate surface area is 57.7 Å². The molecule has 0 aliphatic carbocycles. The summed E-state index contributed by atoms with van der Waals surface area (Å²) in [6, 6.07) is 5.20. The van der Waals surface area contributed by atoms with Crippen LogP contribution in [0.5, 0.6) is 0 Å². The summed E-state index contributed by atoms with van der Waals surface area (Å²) >= 11 is 5.48. The van der Waals surface area contributed by atoms with Gasteiger partial charge in [0.15, 0.2) is 5.38 Å². The van der Waals surface area contributed by atoms with Crippen molar-refractivity contribution in [2.45, 2.75) is 5.38 Å². The highest BCUT2D eigenvalue weighted by atomic mass is 35.5. The number of furan rings is 1. The molecule has 0 aliphatic rings. The Morgan fingerprint density at radius 1 is 1.78 bits per heavy atom. The number of hydrogen-bond acceptors (Lipinski definition) is 2. The number of rotatable bonds is 1. The molecule has 0 aromatic carbocycles. The van der Waals surface area contributed by atoms with Crippen LogP contribution in [0.1, 0.15) is 11.1 Å². The van der Waals surface area contributed by atoms with Gasteiger partial charge in [-0.3, -0.25) is 0 Å². The van der Waals surface area contributed by atoms with Gasteiger partial charge in [0.1, 0.15) is 5.76 Å². The van der Waals surface area contributed by atoms with Crippen LogP contribution in [-0.2, 0) is 0 Å². The van der Waals surface area contributed by atoms with E-state index in [-0.39, 0.29) is 0 Å². The van der Waals surface area contributed by atoms with E-state index >= 15 is 0 Å². The monoisotopic (exact) mass is 141 g/mol. The first-order valence-electron chi connectivity index (χ1n) is 2.41. The molecule has 0 N–H and O–H groups in total. The van der Waals surface area contributed by atoms with Gasteiger partial charge in [-0.25, -0.2) is 0 Å². The Hall–Kier alpha value is -0.940. The Bertz CT molecular complexity index is 211. The first-order chi connectivity index (χ1) is 4.34. The summed E-state index contributed by atoms with van der Waals surface area (Å²) in [5, 5.41) is 7.61. The van der Waals surface area contributed by atoms with Crippen molar-refractivity contribution in [3.63, 3.8) is 0 Å². The highest BCUT2D eigenvalue weighted by Crippen LogP contribution is 2.18. The fourth-order valence-electron chi connectivity index (χ4n) is 0.499. The first kappa shape index (κ1) is 6.18. The maximum absolute atomic E-state index is 8.26. The molecule has 1 rings (SSSR count). The van der Waals surface area contributed by atoms with Gasteiger partial charge in [0.05, 0.1) is 12.3 Å². The van der Waals surface area contributed by atoms with E-state index in [0.29, 0.717) is 5.76 Å². The van der Waals surface area contributed by atoms with Crippen LogP contribution in [0.3, 0.4) is 0 Å². The van der Waals surface area contributed by atoms with Crippen molar-refractivity contribution in [3.05, 3.63) is 24.2 Å². The molecule has 1 aromatic heterocycles.